The van der Waals surface area contributed by atoms with Crippen LogP contribution >= 0.6 is 0 Å². The second kappa shape index (κ2) is 3.24. The van der Waals surface area contributed by atoms with Gasteiger partial charge in [0.1, 0.15) is 0 Å². The predicted molar refractivity (Wildman–Crippen MR) is 29.1 cm³/mol. The Labute approximate surface area is 48.8 Å². The molecule has 2 heteroatoms. The maximum Gasteiger partial charge on any atom is 0.154 e. The Hall–Kier alpha value is -0.790. The fourth-order valence-corrected chi connectivity index (χ4v) is 0.415. The third-order valence-electron chi connectivity index (χ3n) is 0.975. The molecule has 0 aliphatic heterocycles. The van der Waals surface area contributed by atoms with E-state index in [9.17, 15) is 9.90 Å². The largest absolute Gasteiger partial charge is 0.878 e. The first-order valence-electron chi connectivity index (χ1n) is 2.54. The number of hydrogen-bond acceptors (Lipinski definition) is 2. The fourth-order valence-electron chi connectivity index (χ4n) is 0.415. The smallest absolute Gasteiger partial charge is 0.154 e. The van der Waals surface area contributed by atoms with Gasteiger partial charge in [-0.15, -0.1) is 6.26 Å². The van der Waals surface area contributed by atoms with Crippen LogP contribution in [0.3, 0.4) is 0 Å². The zero-order chi connectivity index (χ0) is 6.57. The van der Waals surface area contributed by atoms with Crippen LogP contribution in [-0.2, 0) is 4.79 Å². The van der Waals surface area contributed by atoms with Gasteiger partial charge in [0, 0.05) is 0 Å². The number of Topliss-reactive ketones (excluding diaryl/α,β-unsaturated/α-hetero) is 1. The Morgan fingerprint density at radius 2 is 2.25 bits per heavy atom. The highest BCUT2D eigenvalue weighted by Crippen LogP contribution is 1.97. The third-order valence-corrected chi connectivity index (χ3v) is 0.975. The highest BCUT2D eigenvalue weighted by molar-refractivity contribution is 5.92. The van der Waals surface area contributed by atoms with Crippen molar-refractivity contribution in [3.05, 3.63) is 11.8 Å². The van der Waals surface area contributed by atoms with Crippen molar-refractivity contribution < 1.29 is 9.90 Å². The molecule has 0 unspecified atom stereocenters. The fraction of sp³-hybridized carbons (Fsp3) is 0.500. The van der Waals surface area contributed by atoms with Gasteiger partial charge in [-0.25, -0.2) is 0 Å². The second-order valence-electron chi connectivity index (χ2n) is 1.55. The standard InChI is InChI=1S/C6H10O2/c1-3-6(4-7)5(2)8/h4,7H,3H2,1-2H3/p-1/b6-4-. The van der Waals surface area contributed by atoms with E-state index in [0.29, 0.717) is 18.3 Å². The van der Waals surface area contributed by atoms with Gasteiger partial charge in [0.05, 0.1) is 0 Å². The Bertz CT molecular complexity index is 114. The minimum absolute atomic E-state index is 0.123. The van der Waals surface area contributed by atoms with Crippen LogP contribution in [-0.4, -0.2) is 5.78 Å². The van der Waals surface area contributed by atoms with E-state index in [2.05, 4.69) is 0 Å². The first-order chi connectivity index (χ1) is 3.72. The molecular weight excluding hydrogens is 104 g/mol. The maximum atomic E-state index is 10.3. The van der Waals surface area contributed by atoms with Gasteiger partial charge >= 0.3 is 0 Å². The molecule has 0 fully saturated rings. The van der Waals surface area contributed by atoms with Crippen molar-refractivity contribution in [3.8, 4) is 0 Å². The lowest BCUT2D eigenvalue weighted by Gasteiger charge is -1.99. The molecule has 0 bridgehead atoms. The van der Waals surface area contributed by atoms with Gasteiger partial charge in [0.15, 0.2) is 5.78 Å². The molecule has 0 radical (unpaired) electrons. The highest BCUT2D eigenvalue weighted by atomic mass is 16.2. The van der Waals surface area contributed by atoms with Gasteiger partial charge in [-0.1, -0.05) is 6.92 Å². The molecular formula is C6H9O2-. The average Bonchev–Trinajstić information content (AvgIpc) is 1.69. The zero-order valence-corrected chi connectivity index (χ0v) is 5.10. The summed E-state index contributed by atoms with van der Waals surface area (Å²) in [5.41, 5.74) is 0.366. The van der Waals surface area contributed by atoms with Crippen LogP contribution in [0.15, 0.2) is 11.8 Å². The van der Waals surface area contributed by atoms with E-state index in [1.54, 1.807) is 6.92 Å². The molecule has 0 N–H and O–H groups in total. The molecule has 2 nitrogen and oxygen atoms in total. The summed E-state index contributed by atoms with van der Waals surface area (Å²) >= 11 is 0. The average molecular weight is 113 g/mol. The number of hydrogen-bond donors (Lipinski definition) is 0. The summed E-state index contributed by atoms with van der Waals surface area (Å²) in [7, 11) is 0. The summed E-state index contributed by atoms with van der Waals surface area (Å²) in [4.78, 5) is 10.3. The third kappa shape index (κ3) is 1.78. The normalized spacial score (nSPS) is 11.5. The first-order valence-corrected chi connectivity index (χ1v) is 2.54. The first kappa shape index (κ1) is 7.21. The Balaban J connectivity index is 3.92. The second-order valence-corrected chi connectivity index (χ2v) is 1.55. The number of carbonyl (C=O) groups is 1. The molecule has 0 saturated heterocycles. The zero-order valence-electron chi connectivity index (χ0n) is 5.10. The molecule has 0 aliphatic rings. The van der Waals surface area contributed by atoms with Gasteiger partial charge in [-0.3, -0.25) is 4.79 Å². The van der Waals surface area contributed by atoms with Crippen molar-refractivity contribution in [2.24, 2.45) is 0 Å². The van der Waals surface area contributed by atoms with E-state index in [-0.39, 0.29) is 5.78 Å². The van der Waals surface area contributed by atoms with Crippen molar-refractivity contribution in [2.75, 3.05) is 0 Å². The Kier molecular flexibility index (Phi) is 2.92. The lowest BCUT2D eigenvalue weighted by molar-refractivity contribution is -0.276. The van der Waals surface area contributed by atoms with Crippen molar-refractivity contribution in [1.82, 2.24) is 0 Å². The molecule has 46 valence electrons. The highest BCUT2D eigenvalue weighted by Gasteiger charge is 1.93. The van der Waals surface area contributed by atoms with Gasteiger partial charge in [0.25, 0.3) is 0 Å². The van der Waals surface area contributed by atoms with E-state index in [4.69, 9.17) is 0 Å². The molecule has 0 atom stereocenters. The molecule has 0 saturated carbocycles. The van der Waals surface area contributed by atoms with Crippen molar-refractivity contribution in [3.63, 3.8) is 0 Å². The van der Waals surface area contributed by atoms with E-state index >= 15 is 0 Å². The van der Waals surface area contributed by atoms with E-state index in [1.165, 1.54) is 6.92 Å². The van der Waals surface area contributed by atoms with Crippen LogP contribution in [0.5, 0.6) is 0 Å². The van der Waals surface area contributed by atoms with Crippen LogP contribution in [0.4, 0.5) is 0 Å². The number of rotatable bonds is 2. The van der Waals surface area contributed by atoms with E-state index in [1.807, 2.05) is 0 Å². The van der Waals surface area contributed by atoms with Gasteiger partial charge in [0.2, 0.25) is 0 Å². The van der Waals surface area contributed by atoms with Crippen LogP contribution < -0.4 is 5.11 Å². The minimum atomic E-state index is -0.123. The van der Waals surface area contributed by atoms with E-state index in [0.717, 1.165) is 0 Å². The SMILES string of the molecule is CC/C(=C/[O-])C(C)=O. The van der Waals surface area contributed by atoms with Crippen LogP contribution in [0.1, 0.15) is 20.3 Å². The summed E-state index contributed by atoms with van der Waals surface area (Å²) in [5.74, 6) is -0.123. The molecule has 0 amide bonds. The van der Waals surface area contributed by atoms with Gasteiger partial charge in [-0.2, -0.15) is 0 Å². The predicted octanol–water partition coefficient (Wildman–Crippen LogP) is 0.230. The van der Waals surface area contributed by atoms with Crippen molar-refractivity contribution >= 4 is 5.78 Å². The maximum absolute atomic E-state index is 10.3. The van der Waals surface area contributed by atoms with Crippen molar-refractivity contribution in [1.29, 1.82) is 0 Å². The van der Waals surface area contributed by atoms with Crippen LogP contribution in [0.25, 0.3) is 0 Å². The molecule has 0 aromatic rings. The topological polar surface area (TPSA) is 40.1 Å². The Morgan fingerprint density at radius 3 is 2.25 bits per heavy atom. The number of allylic oxidation sites excluding steroid dienone is 1. The van der Waals surface area contributed by atoms with Gasteiger partial charge in [-0.05, 0) is 18.9 Å². The molecule has 0 aromatic heterocycles. The minimum Gasteiger partial charge on any atom is -0.878 e. The molecule has 0 aliphatic carbocycles. The van der Waals surface area contributed by atoms with E-state index < -0.39 is 0 Å². The number of ketones is 1. The lowest BCUT2D eigenvalue weighted by atomic mass is 10.2. The molecule has 0 heterocycles. The van der Waals surface area contributed by atoms with Crippen molar-refractivity contribution in [2.45, 2.75) is 20.3 Å². The van der Waals surface area contributed by atoms with Crippen LogP contribution in [0, 0.1) is 0 Å². The quantitative estimate of drug-likeness (QED) is 0.380. The number of carbonyl (C=O) groups excluding carboxylic acids is 1. The summed E-state index contributed by atoms with van der Waals surface area (Å²) in [6.07, 6.45) is 1.15. The van der Waals surface area contributed by atoms with Crippen LogP contribution in [0.2, 0.25) is 0 Å². The molecule has 0 rings (SSSR count). The molecule has 0 aromatic carbocycles. The molecule has 8 heavy (non-hydrogen) atoms. The summed E-state index contributed by atoms with van der Waals surface area (Å²) in [6, 6.07) is 0. The Morgan fingerprint density at radius 1 is 1.75 bits per heavy atom. The summed E-state index contributed by atoms with van der Waals surface area (Å²) in [5, 5.41) is 9.92. The summed E-state index contributed by atoms with van der Waals surface area (Å²) < 4.78 is 0. The van der Waals surface area contributed by atoms with Gasteiger partial charge < -0.3 is 5.11 Å². The summed E-state index contributed by atoms with van der Waals surface area (Å²) in [6.45, 7) is 3.18. The molecule has 0 spiro atoms. The lowest BCUT2D eigenvalue weighted by Crippen LogP contribution is -2.00. The monoisotopic (exact) mass is 113 g/mol.